The fraction of sp³-hybridized carbons (Fsp3) is 0.455. The Morgan fingerprint density at radius 2 is 2.19 bits per heavy atom. The summed E-state index contributed by atoms with van der Waals surface area (Å²) in [6.07, 6.45) is 0.346. The lowest BCUT2D eigenvalue weighted by molar-refractivity contribution is -0.143. The number of ether oxygens (including phenoxy) is 1. The number of carbonyl (C=O) groups excluding carboxylic acids is 2. The summed E-state index contributed by atoms with van der Waals surface area (Å²) < 4.78 is 4.48. The molecule has 1 amide bonds. The highest BCUT2D eigenvalue weighted by molar-refractivity contribution is 7.09. The molecule has 0 saturated carbocycles. The van der Waals surface area contributed by atoms with Crippen LogP contribution in [-0.4, -0.2) is 30.9 Å². The van der Waals surface area contributed by atoms with Gasteiger partial charge in [0.2, 0.25) is 5.91 Å². The molecule has 4 nitrogen and oxygen atoms in total. The summed E-state index contributed by atoms with van der Waals surface area (Å²) in [5.74, 6) is -0.392. The molecule has 1 aromatic rings. The smallest absolute Gasteiger partial charge is 0.306 e. The molecule has 0 aliphatic carbocycles. The molecule has 0 N–H and O–H groups in total. The van der Waals surface area contributed by atoms with E-state index >= 15 is 0 Å². The van der Waals surface area contributed by atoms with Crippen LogP contribution in [0.5, 0.6) is 0 Å². The number of esters is 1. The molecule has 0 radical (unpaired) electrons. The molecular formula is C11H15NO3S. The van der Waals surface area contributed by atoms with Gasteiger partial charge >= 0.3 is 5.97 Å². The van der Waals surface area contributed by atoms with Crippen LogP contribution in [0.3, 0.4) is 0 Å². The molecule has 0 atom stereocenters. The lowest BCUT2D eigenvalue weighted by Gasteiger charge is -2.15. The number of hydrogen-bond acceptors (Lipinski definition) is 4. The summed E-state index contributed by atoms with van der Waals surface area (Å²) >= 11 is 1.61. The normalized spacial score (nSPS) is 9.88. The van der Waals surface area contributed by atoms with Crippen LogP contribution in [0.2, 0.25) is 0 Å². The Bertz CT molecular complexity index is 348. The van der Waals surface area contributed by atoms with Crippen molar-refractivity contribution < 1.29 is 14.3 Å². The van der Waals surface area contributed by atoms with E-state index in [1.165, 1.54) is 7.11 Å². The van der Waals surface area contributed by atoms with Gasteiger partial charge in [-0.15, -0.1) is 11.3 Å². The van der Waals surface area contributed by atoms with Crippen molar-refractivity contribution in [3.63, 3.8) is 0 Å². The van der Waals surface area contributed by atoms with Crippen LogP contribution in [0.4, 0.5) is 0 Å². The molecule has 0 fully saturated rings. The largest absolute Gasteiger partial charge is 0.469 e. The number of rotatable bonds is 5. The van der Waals surface area contributed by atoms with E-state index in [0.29, 0.717) is 6.54 Å². The van der Waals surface area contributed by atoms with Crippen LogP contribution in [-0.2, 0) is 20.9 Å². The molecule has 0 aliphatic rings. The maximum Gasteiger partial charge on any atom is 0.306 e. The van der Waals surface area contributed by atoms with E-state index in [4.69, 9.17) is 0 Å². The van der Waals surface area contributed by atoms with Crippen molar-refractivity contribution in [3.8, 4) is 0 Å². The second-order valence-electron chi connectivity index (χ2n) is 3.41. The second-order valence-corrected chi connectivity index (χ2v) is 4.44. The predicted molar refractivity (Wildman–Crippen MR) is 62.0 cm³/mol. The topological polar surface area (TPSA) is 46.6 Å². The molecule has 0 unspecified atom stereocenters. The molecule has 0 bridgehead atoms. The number of methoxy groups -OCH3 is 1. The number of amides is 1. The van der Waals surface area contributed by atoms with Crippen molar-refractivity contribution in [3.05, 3.63) is 22.4 Å². The standard InChI is InChI=1S/C11H15NO3S/c1-12(8-9-4-3-7-16-9)10(13)5-6-11(14)15-2/h3-4,7H,5-6,8H2,1-2H3. The molecule has 0 aliphatic heterocycles. The van der Waals surface area contributed by atoms with Gasteiger partial charge in [0, 0.05) is 18.3 Å². The Labute approximate surface area is 98.8 Å². The van der Waals surface area contributed by atoms with Crippen LogP contribution in [0.25, 0.3) is 0 Å². The number of thiophene rings is 1. The van der Waals surface area contributed by atoms with E-state index in [1.807, 2.05) is 17.5 Å². The highest BCUT2D eigenvalue weighted by Crippen LogP contribution is 2.11. The van der Waals surface area contributed by atoms with E-state index in [1.54, 1.807) is 23.3 Å². The van der Waals surface area contributed by atoms with E-state index < -0.39 is 0 Å². The molecule has 0 spiro atoms. The van der Waals surface area contributed by atoms with Gasteiger partial charge in [-0.05, 0) is 11.4 Å². The third kappa shape index (κ3) is 4.02. The Morgan fingerprint density at radius 3 is 2.75 bits per heavy atom. The summed E-state index contributed by atoms with van der Waals surface area (Å²) in [7, 11) is 3.06. The molecule has 1 rings (SSSR count). The quantitative estimate of drug-likeness (QED) is 0.736. The molecule has 1 heterocycles. The van der Waals surface area contributed by atoms with Gasteiger partial charge in [0.15, 0.2) is 0 Å². The minimum atomic E-state index is -0.349. The van der Waals surface area contributed by atoms with Crippen LogP contribution in [0.15, 0.2) is 17.5 Å². The highest BCUT2D eigenvalue weighted by Gasteiger charge is 2.12. The third-order valence-corrected chi connectivity index (χ3v) is 3.03. The van der Waals surface area contributed by atoms with Gasteiger partial charge in [0.25, 0.3) is 0 Å². The SMILES string of the molecule is COC(=O)CCC(=O)N(C)Cc1cccs1. The maximum absolute atomic E-state index is 11.6. The Kier molecular flexibility index (Phi) is 4.98. The first-order valence-electron chi connectivity index (χ1n) is 4.96. The average Bonchev–Trinajstić information content (AvgIpc) is 2.77. The van der Waals surface area contributed by atoms with Crippen LogP contribution >= 0.6 is 11.3 Å². The first-order valence-corrected chi connectivity index (χ1v) is 5.84. The van der Waals surface area contributed by atoms with Gasteiger partial charge in [-0.3, -0.25) is 9.59 Å². The van der Waals surface area contributed by atoms with Gasteiger partial charge in [-0.1, -0.05) is 6.07 Å². The summed E-state index contributed by atoms with van der Waals surface area (Å²) in [5, 5.41) is 1.97. The zero-order valence-electron chi connectivity index (χ0n) is 9.43. The van der Waals surface area contributed by atoms with E-state index in [-0.39, 0.29) is 24.7 Å². The summed E-state index contributed by atoms with van der Waals surface area (Å²) in [6.45, 7) is 0.595. The van der Waals surface area contributed by atoms with Crippen LogP contribution in [0, 0.1) is 0 Å². The Balaban J connectivity index is 2.33. The number of carbonyl (C=O) groups is 2. The highest BCUT2D eigenvalue weighted by atomic mass is 32.1. The molecule has 16 heavy (non-hydrogen) atoms. The first kappa shape index (κ1) is 12.7. The predicted octanol–water partition coefficient (Wildman–Crippen LogP) is 1.66. The van der Waals surface area contributed by atoms with E-state index in [2.05, 4.69) is 4.74 Å². The maximum atomic E-state index is 11.6. The fourth-order valence-electron chi connectivity index (χ4n) is 1.23. The van der Waals surface area contributed by atoms with Crippen molar-refractivity contribution in [2.45, 2.75) is 19.4 Å². The Hall–Kier alpha value is -1.36. The summed E-state index contributed by atoms with van der Waals surface area (Å²) in [4.78, 5) is 25.2. The van der Waals surface area contributed by atoms with Gasteiger partial charge in [-0.25, -0.2) is 0 Å². The van der Waals surface area contributed by atoms with Gasteiger partial charge < -0.3 is 9.64 Å². The molecular weight excluding hydrogens is 226 g/mol. The minimum absolute atomic E-state index is 0.0428. The fourth-order valence-corrected chi connectivity index (χ4v) is 1.98. The van der Waals surface area contributed by atoms with Gasteiger partial charge in [0.05, 0.1) is 20.1 Å². The first-order chi connectivity index (χ1) is 7.63. The lowest BCUT2D eigenvalue weighted by Crippen LogP contribution is -2.26. The van der Waals surface area contributed by atoms with E-state index in [9.17, 15) is 9.59 Å². The molecule has 0 saturated heterocycles. The van der Waals surface area contributed by atoms with Gasteiger partial charge in [-0.2, -0.15) is 0 Å². The Morgan fingerprint density at radius 1 is 1.44 bits per heavy atom. The number of hydrogen-bond donors (Lipinski definition) is 0. The minimum Gasteiger partial charge on any atom is -0.469 e. The van der Waals surface area contributed by atoms with Gasteiger partial charge in [0.1, 0.15) is 0 Å². The van der Waals surface area contributed by atoms with Crippen molar-refractivity contribution in [1.29, 1.82) is 0 Å². The second kappa shape index (κ2) is 6.27. The van der Waals surface area contributed by atoms with Crippen molar-refractivity contribution >= 4 is 23.2 Å². The molecule has 0 aromatic carbocycles. The van der Waals surface area contributed by atoms with E-state index in [0.717, 1.165) is 4.88 Å². The zero-order chi connectivity index (χ0) is 12.0. The van der Waals surface area contributed by atoms with Crippen LogP contribution < -0.4 is 0 Å². The summed E-state index contributed by atoms with van der Waals surface area (Å²) in [5.41, 5.74) is 0. The van der Waals surface area contributed by atoms with Crippen LogP contribution in [0.1, 0.15) is 17.7 Å². The van der Waals surface area contributed by atoms with Crippen molar-refractivity contribution in [1.82, 2.24) is 4.90 Å². The number of nitrogens with zero attached hydrogens (tertiary/aromatic N) is 1. The monoisotopic (exact) mass is 241 g/mol. The van der Waals surface area contributed by atoms with Crippen molar-refractivity contribution in [2.24, 2.45) is 0 Å². The average molecular weight is 241 g/mol. The molecule has 1 aromatic heterocycles. The molecule has 88 valence electrons. The third-order valence-electron chi connectivity index (χ3n) is 2.17. The molecule has 5 heteroatoms. The lowest BCUT2D eigenvalue weighted by atomic mass is 10.3. The van der Waals surface area contributed by atoms with Crippen molar-refractivity contribution in [2.75, 3.05) is 14.2 Å². The zero-order valence-corrected chi connectivity index (χ0v) is 10.3. The summed E-state index contributed by atoms with van der Waals surface area (Å²) in [6, 6.07) is 3.93.